The summed E-state index contributed by atoms with van der Waals surface area (Å²) in [5.74, 6) is 1.97. The Bertz CT molecular complexity index is 526. The average Bonchev–Trinajstić information content (AvgIpc) is 2.27. The lowest BCUT2D eigenvalue weighted by Gasteiger charge is -2.11. The Morgan fingerprint density at radius 1 is 1.11 bits per heavy atom. The molecule has 0 saturated carbocycles. The predicted octanol–water partition coefficient (Wildman–Crippen LogP) is 2.56. The molecule has 0 spiro atoms. The van der Waals surface area contributed by atoms with Gasteiger partial charge in [-0.2, -0.15) is 0 Å². The van der Waals surface area contributed by atoms with Gasteiger partial charge >= 0.3 is 0 Å². The number of para-hydroxylation sites is 1. The van der Waals surface area contributed by atoms with Crippen LogP contribution in [0.15, 0.2) is 24.3 Å². The molecule has 0 unspecified atom stereocenters. The highest BCUT2D eigenvalue weighted by Gasteiger charge is 2.05. The fraction of sp³-hybridized carbons (Fsp3) is 0.286. The van der Waals surface area contributed by atoms with Crippen LogP contribution in [0, 0.1) is 20.8 Å². The molecule has 1 aromatic carbocycles. The third kappa shape index (κ3) is 2.77. The first-order valence-electron chi connectivity index (χ1n) is 5.85. The maximum Gasteiger partial charge on any atom is 0.168 e. The van der Waals surface area contributed by atoms with Crippen molar-refractivity contribution in [1.29, 1.82) is 0 Å². The normalized spacial score (nSPS) is 10.4. The molecule has 0 aliphatic carbocycles. The summed E-state index contributed by atoms with van der Waals surface area (Å²) < 4.78 is 5.78. The first kappa shape index (κ1) is 12.4. The minimum Gasteiger partial charge on any atom is -0.485 e. The van der Waals surface area contributed by atoms with Gasteiger partial charge < -0.3 is 10.5 Å². The van der Waals surface area contributed by atoms with Gasteiger partial charge in [0.2, 0.25) is 0 Å². The summed E-state index contributed by atoms with van der Waals surface area (Å²) in [4.78, 5) is 8.44. The molecule has 0 aliphatic heterocycles. The van der Waals surface area contributed by atoms with Crippen LogP contribution in [0.5, 0.6) is 5.75 Å². The number of anilines is 1. The number of nitrogen functional groups attached to an aromatic ring is 1. The Balaban J connectivity index is 2.16. The second-order valence-corrected chi connectivity index (χ2v) is 4.36. The second kappa shape index (κ2) is 5.04. The van der Waals surface area contributed by atoms with Gasteiger partial charge in [0.05, 0.1) is 0 Å². The molecule has 2 rings (SSSR count). The molecule has 4 nitrogen and oxygen atoms in total. The lowest BCUT2D eigenvalue weighted by molar-refractivity contribution is 0.291. The SMILES string of the molecule is Cc1cc(N)nc(COc2c(C)cccc2C)n1. The van der Waals surface area contributed by atoms with E-state index in [0.29, 0.717) is 18.2 Å². The van der Waals surface area contributed by atoms with Crippen LogP contribution in [-0.2, 0) is 6.61 Å². The van der Waals surface area contributed by atoms with Crippen molar-refractivity contribution in [2.24, 2.45) is 0 Å². The molecular formula is C14H17N3O. The smallest absolute Gasteiger partial charge is 0.168 e. The van der Waals surface area contributed by atoms with Crippen LogP contribution < -0.4 is 10.5 Å². The molecule has 0 amide bonds. The van der Waals surface area contributed by atoms with Crippen LogP contribution in [0.1, 0.15) is 22.6 Å². The van der Waals surface area contributed by atoms with E-state index in [0.717, 1.165) is 22.6 Å². The van der Waals surface area contributed by atoms with Crippen molar-refractivity contribution in [2.45, 2.75) is 27.4 Å². The zero-order valence-corrected chi connectivity index (χ0v) is 10.9. The van der Waals surface area contributed by atoms with Crippen LogP contribution in [0.3, 0.4) is 0 Å². The molecule has 0 bridgehead atoms. The van der Waals surface area contributed by atoms with Gasteiger partial charge in [-0.1, -0.05) is 18.2 Å². The molecule has 4 heteroatoms. The number of aromatic nitrogens is 2. The van der Waals surface area contributed by atoms with Gasteiger partial charge in [0.25, 0.3) is 0 Å². The molecule has 0 radical (unpaired) electrons. The quantitative estimate of drug-likeness (QED) is 0.900. The fourth-order valence-electron chi connectivity index (χ4n) is 1.88. The van der Waals surface area contributed by atoms with Crippen molar-refractivity contribution in [2.75, 3.05) is 5.73 Å². The highest BCUT2D eigenvalue weighted by molar-refractivity contribution is 5.39. The van der Waals surface area contributed by atoms with E-state index < -0.39 is 0 Å². The number of nitrogens with zero attached hydrogens (tertiary/aromatic N) is 2. The second-order valence-electron chi connectivity index (χ2n) is 4.36. The third-order valence-corrected chi connectivity index (χ3v) is 2.67. The molecule has 0 atom stereocenters. The monoisotopic (exact) mass is 243 g/mol. The summed E-state index contributed by atoms with van der Waals surface area (Å²) in [6.07, 6.45) is 0. The number of ether oxygens (including phenoxy) is 1. The third-order valence-electron chi connectivity index (χ3n) is 2.67. The number of benzene rings is 1. The molecule has 2 N–H and O–H groups in total. The van der Waals surface area contributed by atoms with E-state index in [9.17, 15) is 0 Å². The maximum absolute atomic E-state index is 5.78. The minimum atomic E-state index is 0.331. The fourth-order valence-corrected chi connectivity index (χ4v) is 1.88. The first-order chi connectivity index (χ1) is 8.56. The van der Waals surface area contributed by atoms with Crippen molar-refractivity contribution < 1.29 is 4.74 Å². The standard InChI is InChI=1S/C14H17N3O/c1-9-5-4-6-10(2)14(9)18-8-13-16-11(3)7-12(15)17-13/h4-7H,8H2,1-3H3,(H2,15,16,17). The number of rotatable bonds is 3. The Hall–Kier alpha value is -2.10. The van der Waals surface area contributed by atoms with Crippen molar-refractivity contribution in [3.8, 4) is 5.75 Å². The number of hydrogen-bond donors (Lipinski definition) is 1. The maximum atomic E-state index is 5.78. The summed E-state index contributed by atoms with van der Waals surface area (Å²) in [5.41, 5.74) is 8.75. The Morgan fingerprint density at radius 2 is 1.78 bits per heavy atom. The lowest BCUT2D eigenvalue weighted by atomic mass is 10.1. The van der Waals surface area contributed by atoms with Crippen molar-refractivity contribution >= 4 is 5.82 Å². The molecule has 0 aliphatic rings. The molecule has 2 aromatic rings. The molecule has 1 heterocycles. The minimum absolute atomic E-state index is 0.331. The van der Waals surface area contributed by atoms with Crippen LogP contribution in [0.25, 0.3) is 0 Å². The van der Waals surface area contributed by atoms with Gasteiger partial charge in [-0.05, 0) is 31.9 Å². The Labute approximate surface area is 107 Å². The van der Waals surface area contributed by atoms with E-state index in [2.05, 4.69) is 9.97 Å². The van der Waals surface area contributed by atoms with Gasteiger partial charge in [0.15, 0.2) is 5.82 Å². The van der Waals surface area contributed by atoms with E-state index in [4.69, 9.17) is 10.5 Å². The number of nitrogens with two attached hydrogens (primary N) is 1. The summed E-state index contributed by atoms with van der Waals surface area (Å²) in [6.45, 7) is 6.26. The zero-order valence-electron chi connectivity index (χ0n) is 10.9. The number of aryl methyl sites for hydroxylation is 3. The zero-order chi connectivity index (χ0) is 13.1. The van der Waals surface area contributed by atoms with Crippen molar-refractivity contribution in [3.63, 3.8) is 0 Å². The summed E-state index contributed by atoms with van der Waals surface area (Å²) >= 11 is 0. The molecule has 1 aromatic heterocycles. The Morgan fingerprint density at radius 3 is 2.39 bits per heavy atom. The molecule has 94 valence electrons. The number of hydrogen-bond acceptors (Lipinski definition) is 4. The van der Waals surface area contributed by atoms with E-state index in [1.165, 1.54) is 0 Å². The largest absolute Gasteiger partial charge is 0.485 e. The van der Waals surface area contributed by atoms with E-state index >= 15 is 0 Å². The molecule has 18 heavy (non-hydrogen) atoms. The van der Waals surface area contributed by atoms with Gasteiger partial charge in [-0.25, -0.2) is 9.97 Å². The summed E-state index contributed by atoms with van der Waals surface area (Å²) in [5, 5.41) is 0. The van der Waals surface area contributed by atoms with Gasteiger partial charge in [-0.15, -0.1) is 0 Å². The van der Waals surface area contributed by atoms with Crippen molar-refractivity contribution in [1.82, 2.24) is 9.97 Å². The van der Waals surface area contributed by atoms with Crippen LogP contribution in [-0.4, -0.2) is 9.97 Å². The van der Waals surface area contributed by atoms with E-state index in [-0.39, 0.29) is 0 Å². The van der Waals surface area contributed by atoms with Crippen LogP contribution in [0.4, 0.5) is 5.82 Å². The van der Waals surface area contributed by atoms with Crippen LogP contribution >= 0.6 is 0 Å². The molecule has 0 fully saturated rings. The highest BCUT2D eigenvalue weighted by Crippen LogP contribution is 2.23. The van der Waals surface area contributed by atoms with Crippen molar-refractivity contribution in [3.05, 3.63) is 46.9 Å². The average molecular weight is 243 g/mol. The van der Waals surface area contributed by atoms with Crippen LogP contribution in [0.2, 0.25) is 0 Å². The molecule has 0 saturated heterocycles. The van der Waals surface area contributed by atoms with Gasteiger partial charge in [0, 0.05) is 11.8 Å². The highest BCUT2D eigenvalue weighted by atomic mass is 16.5. The first-order valence-corrected chi connectivity index (χ1v) is 5.85. The van der Waals surface area contributed by atoms with E-state index in [1.54, 1.807) is 6.07 Å². The topological polar surface area (TPSA) is 61.0 Å². The van der Waals surface area contributed by atoms with Gasteiger partial charge in [0.1, 0.15) is 18.2 Å². The summed E-state index contributed by atoms with van der Waals surface area (Å²) in [7, 11) is 0. The predicted molar refractivity (Wildman–Crippen MR) is 71.4 cm³/mol. The summed E-state index contributed by atoms with van der Waals surface area (Å²) in [6, 6.07) is 7.79. The van der Waals surface area contributed by atoms with Gasteiger partial charge in [-0.3, -0.25) is 0 Å². The van der Waals surface area contributed by atoms with E-state index in [1.807, 2.05) is 39.0 Å². The Kier molecular flexibility index (Phi) is 3.46. The molecular weight excluding hydrogens is 226 g/mol. The lowest BCUT2D eigenvalue weighted by Crippen LogP contribution is -2.06.